The van der Waals surface area contributed by atoms with E-state index in [1.807, 2.05) is 6.92 Å². The number of aromatic nitrogens is 3. The standard InChI is InChI=1S/C9H13N5O2/c1-2-14-10-6-7(11-14)9(16)12-13-5-3-4-8(13)15/h6H,2-5H2,1H3,(H,12,16). The molecule has 0 unspecified atom stereocenters. The van der Waals surface area contributed by atoms with Gasteiger partial charge in [0.15, 0.2) is 5.69 Å². The van der Waals surface area contributed by atoms with Crippen molar-refractivity contribution in [2.45, 2.75) is 26.3 Å². The number of aryl methyl sites for hydroxylation is 1. The highest BCUT2D eigenvalue weighted by Gasteiger charge is 2.23. The van der Waals surface area contributed by atoms with Crippen LogP contribution in [0.5, 0.6) is 0 Å². The van der Waals surface area contributed by atoms with Gasteiger partial charge in [0.05, 0.1) is 12.7 Å². The van der Waals surface area contributed by atoms with E-state index in [2.05, 4.69) is 15.6 Å². The number of carbonyl (C=O) groups is 2. The zero-order valence-electron chi connectivity index (χ0n) is 9.01. The number of amides is 2. The Labute approximate surface area is 92.4 Å². The van der Waals surface area contributed by atoms with Crippen molar-refractivity contribution in [3.05, 3.63) is 11.9 Å². The SMILES string of the molecule is CCn1ncc(C(=O)NN2CCCC2=O)n1. The van der Waals surface area contributed by atoms with Gasteiger partial charge in [-0.3, -0.25) is 20.0 Å². The molecule has 16 heavy (non-hydrogen) atoms. The average Bonchev–Trinajstić information content (AvgIpc) is 2.88. The summed E-state index contributed by atoms with van der Waals surface area (Å²) in [5.74, 6) is -0.453. The third-order valence-corrected chi connectivity index (χ3v) is 2.36. The minimum absolute atomic E-state index is 0.0590. The van der Waals surface area contributed by atoms with Gasteiger partial charge in [-0.2, -0.15) is 9.90 Å². The van der Waals surface area contributed by atoms with E-state index >= 15 is 0 Å². The van der Waals surface area contributed by atoms with Gasteiger partial charge in [-0.05, 0) is 13.3 Å². The summed E-state index contributed by atoms with van der Waals surface area (Å²) < 4.78 is 0. The van der Waals surface area contributed by atoms with Gasteiger partial charge in [-0.1, -0.05) is 0 Å². The number of carbonyl (C=O) groups excluding carboxylic acids is 2. The molecule has 2 heterocycles. The van der Waals surface area contributed by atoms with Crippen molar-refractivity contribution in [3.8, 4) is 0 Å². The van der Waals surface area contributed by atoms with Crippen LogP contribution in [0, 0.1) is 0 Å². The molecule has 2 amide bonds. The Bertz CT molecular complexity index is 414. The Hall–Kier alpha value is -1.92. The van der Waals surface area contributed by atoms with Crippen LogP contribution < -0.4 is 5.43 Å². The Kier molecular flexibility index (Phi) is 2.84. The van der Waals surface area contributed by atoms with Gasteiger partial charge in [0.2, 0.25) is 5.91 Å². The second-order valence-corrected chi connectivity index (χ2v) is 3.51. The van der Waals surface area contributed by atoms with Crippen LogP contribution in [-0.2, 0) is 11.3 Å². The average molecular weight is 223 g/mol. The summed E-state index contributed by atoms with van der Waals surface area (Å²) in [6.07, 6.45) is 2.65. The fourth-order valence-corrected chi connectivity index (χ4v) is 1.50. The molecule has 1 saturated heterocycles. The second kappa shape index (κ2) is 4.30. The third kappa shape index (κ3) is 2.02. The maximum Gasteiger partial charge on any atom is 0.292 e. The van der Waals surface area contributed by atoms with Crippen molar-refractivity contribution in [3.63, 3.8) is 0 Å². The molecule has 1 aromatic rings. The molecule has 0 atom stereocenters. The maximum absolute atomic E-state index is 11.7. The quantitative estimate of drug-likeness (QED) is 0.753. The van der Waals surface area contributed by atoms with Crippen LogP contribution in [0.15, 0.2) is 6.20 Å². The van der Waals surface area contributed by atoms with Crippen molar-refractivity contribution >= 4 is 11.8 Å². The van der Waals surface area contributed by atoms with E-state index in [9.17, 15) is 9.59 Å². The van der Waals surface area contributed by atoms with E-state index in [0.717, 1.165) is 6.42 Å². The Balaban J connectivity index is 1.99. The topological polar surface area (TPSA) is 80.1 Å². The first-order valence-corrected chi connectivity index (χ1v) is 5.22. The molecule has 0 aromatic carbocycles. The highest BCUT2D eigenvalue weighted by Crippen LogP contribution is 2.06. The summed E-state index contributed by atoms with van der Waals surface area (Å²) in [4.78, 5) is 24.3. The van der Waals surface area contributed by atoms with Crippen molar-refractivity contribution in [2.75, 3.05) is 6.54 Å². The molecule has 1 N–H and O–H groups in total. The lowest BCUT2D eigenvalue weighted by Crippen LogP contribution is -2.43. The van der Waals surface area contributed by atoms with E-state index in [1.165, 1.54) is 16.0 Å². The summed E-state index contributed by atoms with van der Waals surface area (Å²) in [5.41, 5.74) is 2.74. The molecule has 7 nitrogen and oxygen atoms in total. The van der Waals surface area contributed by atoms with Crippen molar-refractivity contribution < 1.29 is 9.59 Å². The molecule has 0 aliphatic carbocycles. The highest BCUT2D eigenvalue weighted by molar-refractivity contribution is 5.93. The lowest BCUT2D eigenvalue weighted by molar-refractivity contribution is -0.129. The van der Waals surface area contributed by atoms with Gasteiger partial charge < -0.3 is 0 Å². The van der Waals surface area contributed by atoms with Crippen LogP contribution in [0.2, 0.25) is 0 Å². The van der Waals surface area contributed by atoms with Gasteiger partial charge >= 0.3 is 0 Å². The zero-order valence-corrected chi connectivity index (χ0v) is 9.01. The minimum Gasteiger partial charge on any atom is -0.273 e. The molecule has 0 radical (unpaired) electrons. The normalized spacial score (nSPS) is 15.6. The van der Waals surface area contributed by atoms with E-state index in [-0.39, 0.29) is 11.6 Å². The van der Waals surface area contributed by atoms with Gasteiger partial charge in [0, 0.05) is 13.0 Å². The molecule has 86 valence electrons. The summed E-state index contributed by atoms with van der Waals surface area (Å²) in [6.45, 7) is 3.05. The second-order valence-electron chi connectivity index (χ2n) is 3.51. The molecule has 1 aliphatic rings. The van der Waals surface area contributed by atoms with Gasteiger partial charge in [-0.25, -0.2) is 0 Å². The summed E-state index contributed by atoms with van der Waals surface area (Å²) in [6, 6.07) is 0. The van der Waals surface area contributed by atoms with Crippen molar-refractivity contribution in [1.29, 1.82) is 0 Å². The Morgan fingerprint density at radius 1 is 1.62 bits per heavy atom. The molecule has 7 heteroatoms. The molecule has 1 aliphatic heterocycles. The third-order valence-electron chi connectivity index (χ3n) is 2.36. The van der Waals surface area contributed by atoms with Crippen LogP contribution in [-0.4, -0.2) is 38.4 Å². The van der Waals surface area contributed by atoms with E-state index in [1.54, 1.807) is 0 Å². The highest BCUT2D eigenvalue weighted by atomic mass is 16.2. The van der Waals surface area contributed by atoms with Crippen LogP contribution in [0.3, 0.4) is 0 Å². The maximum atomic E-state index is 11.7. The first-order chi connectivity index (χ1) is 7.70. The summed E-state index contributed by atoms with van der Waals surface area (Å²) >= 11 is 0. The molecule has 1 aromatic heterocycles. The van der Waals surface area contributed by atoms with Crippen molar-refractivity contribution in [2.24, 2.45) is 0 Å². The first kappa shape index (κ1) is 10.6. The molecule has 1 fully saturated rings. The van der Waals surface area contributed by atoms with E-state index < -0.39 is 5.91 Å². The first-order valence-electron chi connectivity index (χ1n) is 5.22. The van der Waals surface area contributed by atoms with Crippen LogP contribution in [0.4, 0.5) is 0 Å². The van der Waals surface area contributed by atoms with Crippen LogP contribution in [0.25, 0.3) is 0 Å². The largest absolute Gasteiger partial charge is 0.292 e. The zero-order chi connectivity index (χ0) is 11.5. The molecular formula is C9H13N5O2. The van der Waals surface area contributed by atoms with E-state index in [4.69, 9.17) is 0 Å². The lowest BCUT2D eigenvalue weighted by Gasteiger charge is -2.15. The summed E-state index contributed by atoms with van der Waals surface area (Å²) in [5, 5.41) is 9.17. The van der Waals surface area contributed by atoms with Crippen molar-refractivity contribution in [1.82, 2.24) is 25.4 Å². The van der Waals surface area contributed by atoms with Crippen LogP contribution >= 0.6 is 0 Å². The van der Waals surface area contributed by atoms with Crippen LogP contribution in [0.1, 0.15) is 30.3 Å². The number of hydrogen-bond donors (Lipinski definition) is 1. The smallest absolute Gasteiger partial charge is 0.273 e. The van der Waals surface area contributed by atoms with Gasteiger partial charge in [0.1, 0.15) is 0 Å². The van der Waals surface area contributed by atoms with Gasteiger partial charge in [0.25, 0.3) is 5.91 Å². The molecule has 0 saturated carbocycles. The molecular weight excluding hydrogens is 210 g/mol. The van der Waals surface area contributed by atoms with Gasteiger partial charge in [-0.15, -0.1) is 5.10 Å². The molecule has 2 rings (SSSR count). The lowest BCUT2D eigenvalue weighted by atomic mass is 10.4. The van der Waals surface area contributed by atoms with E-state index in [0.29, 0.717) is 19.5 Å². The molecule has 0 bridgehead atoms. The molecule has 0 spiro atoms. The monoisotopic (exact) mass is 223 g/mol. The predicted molar refractivity (Wildman–Crippen MR) is 54.1 cm³/mol. The number of hydrazine groups is 1. The fraction of sp³-hybridized carbons (Fsp3) is 0.556. The summed E-state index contributed by atoms with van der Waals surface area (Å²) in [7, 11) is 0. The number of nitrogens with zero attached hydrogens (tertiary/aromatic N) is 4. The predicted octanol–water partition coefficient (Wildman–Crippen LogP) is -0.435. The Morgan fingerprint density at radius 2 is 2.44 bits per heavy atom. The fourth-order valence-electron chi connectivity index (χ4n) is 1.50. The Morgan fingerprint density at radius 3 is 3.00 bits per heavy atom. The number of hydrogen-bond acceptors (Lipinski definition) is 4. The minimum atomic E-state index is -0.394. The number of rotatable bonds is 3. The number of nitrogens with one attached hydrogen (secondary N) is 1.